The van der Waals surface area contributed by atoms with Crippen LogP contribution in [0.5, 0.6) is 0 Å². The second-order valence-electron chi connectivity index (χ2n) is 6.85. The number of fused-ring (bicyclic) bond motifs is 1. The Kier molecular flexibility index (Phi) is 5.49. The lowest BCUT2D eigenvalue weighted by Crippen LogP contribution is -2.31. The molecular weight excluding hydrogens is 312 g/mol. The van der Waals surface area contributed by atoms with Crippen LogP contribution in [-0.2, 0) is 24.2 Å². The summed E-state index contributed by atoms with van der Waals surface area (Å²) >= 11 is 0. The first-order valence-electron chi connectivity index (χ1n) is 9.04. The Morgan fingerprint density at radius 3 is 2.72 bits per heavy atom. The molecule has 0 fully saturated rings. The first kappa shape index (κ1) is 17.6. The van der Waals surface area contributed by atoms with Crippen LogP contribution >= 0.6 is 0 Å². The summed E-state index contributed by atoms with van der Waals surface area (Å²) in [4.78, 5) is 19.6. The molecule has 0 unspecified atom stereocenters. The molecule has 0 saturated carbocycles. The number of ether oxygens (including phenoxy) is 1. The molecule has 4 nitrogen and oxygen atoms in total. The van der Waals surface area contributed by atoms with Crippen molar-refractivity contribution >= 4 is 5.97 Å². The van der Waals surface area contributed by atoms with E-state index in [0.717, 1.165) is 43.0 Å². The van der Waals surface area contributed by atoms with Gasteiger partial charge in [-0.05, 0) is 30.0 Å². The van der Waals surface area contributed by atoms with Crippen molar-refractivity contribution in [2.24, 2.45) is 0 Å². The monoisotopic (exact) mass is 338 g/mol. The summed E-state index contributed by atoms with van der Waals surface area (Å²) in [6.07, 6.45) is 0.922. The third-order valence-corrected chi connectivity index (χ3v) is 4.57. The topological polar surface area (TPSA) is 42.4 Å². The number of carbonyl (C=O) groups is 1. The third-order valence-electron chi connectivity index (χ3n) is 4.57. The number of nitrogens with zero attached hydrogens (tertiary/aromatic N) is 2. The zero-order chi connectivity index (χ0) is 17.8. The van der Waals surface area contributed by atoms with Crippen molar-refractivity contribution < 1.29 is 9.53 Å². The molecule has 0 bridgehead atoms. The van der Waals surface area contributed by atoms with Gasteiger partial charge in [-0.3, -0.25) is 9.88 Å². The molecule has 1 aliphatic heterocycles. The maximum atomic E-state index is 12.4. The highest BCUT2D eigenvalue weighted by molar-refractivity contribution is 5.91. The van der Waals surface area contributed by atoms with Crippen molar-refractivity contribution in [2.75, 3.05) is 13.2 Å². The van der Waals surface area contributed by atoms with Gasteiger partial charge in [-0.1, -0.05) is 44.2 Å². The molecule has 0 aliphatic carbocycles. The van der Waals surface area contributed by atoms with Crippen molar-refractivity contribution in [2.45, 2.75) is 46.2 Å². The number of carbonyl (C=O) groups excluding carboxylic acids is 1. The van der Waals surface area contributed by atoms with Crippen LogP contribution in [0.4, 0.5) is 0 Å². The van der Waals surface area contributed by atoms with E-state index in [1.165, 1.54) is 5.56 Å². The van der Waals surface area contributed by atoms with Crippen LogP contribution in [0.25, 0.3) is 0 Å². The Labute approximate surface area is 149 Å². The summed E-state index contributed by atoms with van der Waals surface area (Å²) in [7, 11) is 0. The molecule has 4 heteroatoms. The molecular formula is C21H26N2O2. The summed E-state index contributed by atoms with van der Waals surface area (Å²) in [6.45, 7) is 9.09. The van der Waals surface area contributed by atoms with E-state index in [1.54, 1.807) is 0 Å². The lowest BCUT2D eigenvalue weighted by Gasteiger charge is -2.29. The predicted molar refractivity (Wildman–Crippen MR) is 98.5 cm³/mol. The Morgan fingerprint density at radius 2 is 2.04 bits per heavy atom. The lowest BCUT2D eigenvalue weighted by molar-refractivity contribution is 0.0523. The fourth-order valence-corrected chi connectivity index (χ4v) is 3.34. The van der Waals surface area contributed by atoms with E-state index in [2.05, 4.69) is 43.0 Å². The quantitative estimate of drug-likeness (QED) is 0.775. The molecule has 0 saturated heterocycles. The molecule has 0 spiro atoms. The summed E-state index contributed by atoms with van der Waals surface area (Å²) in [5, 5.41) is 0. The summed E-state index contributed by atoms with van der Waals surface area (Å²) < 4.78 is 5.24. The van der Waals surface area contributed by atoms with Gasteiger partial charge in [-0.25, -0.2) is 4.79 Å². The fraction of sp³-hybridized carbons (Fsp3) is 0.429. The van der Waals surface area contributed by atoms with Gasteiger partial charge in [0.1, 0.15) is 0 Å². The van der Waals surface area contributed by atoms with Gasteiger partial charge >= 0.3 is 5.97 Å². The maximum Gasteiger partial charge on any atom is 0.339 e. The van der Waals surface area contributed by atoms with Gasteiger partial charge in [-0.15, -0.1) is 0 Å². The number of pyridine rings is 1. The van der Waals surface area contributed by atoms with Crippen molar-refractivity contribution in [1.29, 1.82) is 0 Å². The van der Waals surface area contributed by atoms with E-state index < -0.39 is 0 Å². The Hall–Kier alpha value is -2.20. The Morgan fingerprint density at radius 1 is 1.28 bits per heavy atom. The van der Waals surface area contributed by atoms with Crippen LogP contribution in [0.2, 0.25) is 0 Å². The molecule has 3 rings (SSSR count). The SMILES string of the molecule is CCOC(=O)c1cc2c(nc1C(C)C)CCN(Cc1ccccc1)C2. The minimum atomic E-state index is -0.262. The minimum Gasteiger partial charge on any atom is -0.462 e. The maximum absolute atomic E-state index is 12.4. The molecule has 0 N–H and O–H groups in total. The zero-order valence-electron chi connectivity index (χ0n) is 15.3. The van der Waals surface area contributed by atoms with Gasteiger partial charge in [0.05, 0.1) is 17.9 Å². The highest BCUT2D eigenvalue weighted by Crippen LogP contribution is 2.26. The van der Waals surface area contributed by atoms with Crippen molar-refractivity contribution in [3.63, 3.8) is 0 Å². The van der Waals surface area contributed by atoms with Gasteiger partial charge < -0.3 is 4.74 Å². The average Bonchev–Trinajstić information content (AvgIpc) is 2.61. The summed E-state index contributed by atoms with van der Waals surface area (Å²) in [5.41, 5.74) is 5.06. The number of hydrogen-bond donors (Lipinski definition) is 0. The second-order valence-corrected chi connectivity index (χ2v) is 6.85. The third kappa shape index (κ3) is 4.07. The standard InChI is InChI=1S/C21H26N2O2/c1-4-25-21(24)18-12-17-14-23(13-16-8-6-5-7-9-16)11-10-19(17)22-20(18)15(2)3/h5-9,12,15H,4,10-11,13-14H2,1-3H3. The van der Waals surface area contributed by atoms with E-state index in [0.29, 0.717) is 12.2 Å². The second kappa shape index (κ2) is 7.79. The summed E-state index contributed by atoms with van der Waals surface area (Å²) in [5.74, 6) is -0.0614. The molecule has 1 aromatic carbocycles. The first-order chi connectivity index (χ1) is 12.1. The van der Waals surface area contributed by atoms with E-state index in [9.17, 15) is 4.79 Å². The predicted octanol–water partition coefficient (Wildman–Crippen LogP) is 3.94. The van der Waals surface area contributed by atoms with Gasteiger partial charge in [0, 0.05) is 31.7 Å². The molecule has 25 heavy (non-hydrogen) atoms. The Bertz CT molecular complexity index is 741. The van der Waals surface area contributed by atoms with E-state index in [1.807, 2.05) is 19.1 Å². The highest BCUT2D eigenvalue weighted by Gasteiger charge is 2.24. The minimum absolute atomic E-state index is 0.201. The first-order valence-corrected chi connectivity index (χ1v) is 9.04. The Balaban J connectivity index is 1.85. The molecule has 2 aromatic rings. The largest absolute Gasteiger partial charge is 0.462 e. The number of benzene rings is 1. The fourth-order valence-electron chi connectivity index (χ4n) is 3.34. The van der Waals surface area contributed by atoms with Gasteiger partial charge in [0.15, 0.2) is 0 Å². The van der Waals surface area contributed by atoms with Crippen LogP contribution in [0.1, 0.15) is 59.6 Å². The van der Waals surface area contributed by atoms with E-state index in [-0.39, 0.29) is 11.9 Å². The molecule has 1 aliphatic rings. The molecule has 0 amide bonds. The molecule has 0 atom stereocenters. The van der Waals surface area contributed by atoms with Crippen LogP contribution < -0.4 is 0 Å². The number of hydrogen-bond acceptors (Lipinski definition) is 4. The van der Waals surface area contributed by atoms with E-state index in [4.69, 9.17) is 9.72 Å². The lowest BCUT2D eigenvalue weighted by atomic mass is 9.97. The molecule has 0 radical (unpaired) electrons. The molecule has 2 heterocycles. The van der Waals surface area contributed by atoms with Gasteiger partial charge in [0.25, 0.3) is 0 Å². The van der Waals surface area contributed by atoms with Crippen LogP contribution in [-0.4, -0.2) is 29.0 Å². The van der Waals surface area contributed by atoms with E-state index >= 15 is 0 Å². The smallest absolute Gasteiger partial charge is 0.339 e. The van der Waals surface area contributed by atoms with Crippen molar-refractivity contribution in [3.8, 4) is 0 Å². The van der Waals surface area contributed by atoms with Crippen LogP contribution in [0.3, 0.4) is 0 Å². The zero-order valence-corrected chi connectivity index (χ0v) is 15.3. The number of esters is 1. The highest BCUT2D eigenvalue weighted by atomic mass is 16.5. The van der Waals surface area contributed by atoms with Gasteiger partial charge in [0.2, 0.25) is 0 Å². The molecule has 132 valence electrons. The number of aromatic nitrogens is 1. The molecule has 1 aromatic heterocycles. The van der Waals surface area contributed by atoms with Crippen molar-refractivity contribution in [3.05, 3.63) is 64.5 Å². The summed E-state index contributed by atoms with van der Waals surface area (Å²) in [6, 6.07) is 12.5. The van der Waals surface area contributed by atoms with Gasteiger partial charge in [-0.2, -0.15) is 0 Å². The normalized spacial score (nSPS) is 14.4. The van der Waals surface area contributed by atoms with Crippen molar-refractivity contribution in [1.82, 2.24) is 9.88 Å². The average molecular weight is 338 g/mol. The number of rotatable bonds is 5. The van der Waals surface area contributed by atoms with Crippen LogP contribution in [0.15, 0.2) is 36.4 Å². The van der Waals surface area contributed by atoms with Crippen LogP contribution in [0, 0.1) is 0 Å².